The van der Waals surface area contributed by atoms with Crippen LogP contribution >= 0.6 is 0 Å². The van der Waals surface area contributed by atoms with E-state index >= 15 is 0 Å². The van der Waals surface area contributed by atoms with Crippen LogP contribution in [0.1, 0.15) is 66.4 Å². The maximum Gasteiger partial charge on any atom is 0.337 e. The molecule has 0 N–H and O–H groups in total. The predicted octanol–water partition coefficient (Wildman–Crippen LogP) is 3.52. The summed E-state index contributed by atoms with van der Waals surface area (Å²) in [5.41, 5.74) is 2.51. The molecule has 1 spiro atoms. The summed E-state index contributed by atoms with van der Waals surface area (Å²) in [5.74, 6) is -0.721. The molecule has 146 valence electrons. The second kappa shape index (κ2) is 6.56. The molecule has 5 rings (SSSR count). The number of benzene rings is 1. The van der Waals surface area contributed by atoms with Crippen LogP contribution in [0.2, 0.25) is 0 Å². The maximum atomic E-state index is 14.7. The molecule has 0 radical (unpaired) electrons. The molecule has 3 fully saturated rings. The normalized spacial score (nSPS) is 31.4. The highest BCUT2D eigenvalue weighted by molar-refractivity contribution is 5.89. The van der Waals surface area contributed by atoms with E-state index in [2.05, 4.69) is 9.80 Å². The lowest BCUT2D eigenvalue weighted by molar-refractivity contribution is -0.0808. The second-order valence-corrected chi connectivity index (χ2v) is 8.98. The van der Waals surface area contributed by atoms with Gasteiger partial charge in [0, 0.05) is 36.3 Å². The van der Waals surface area contributed by atoms with Crippen molar-refractivity contribution >= 4 is 5.97 Å². The van der Waals surface area contributed by atoms with Crippen LogP contribution in [-0.2, 0) is 17.7 Å². The molecule has 1 aromatic rings. The number of rotatable bonds is 3. The Bertz CT molecular complexity index is 755. The minimum Gasteiger partial charge on any atom is -0.465 e. The average molecular weight is 372 g/mol. The average Bonchev–Trinajstić information content (AvgIpc) is 3.50. The lowest BCUT2D eigenvalue weighted by atomic mass is 9.66. The van der Waals surface area contributed by atoms with E-state index < -0.39 is 5.97 Å². The van der Waals surface area contributed by atoms with Crippen molar-refractivity contribution in [2.45, 2.75) is 75.5 Å². The Morgan fingerprint density at radius 3 is 2.74 bits per heavy atom. The summed E-state index contributed by atoms with van der Waals surface area (Å²) in [6, 6.07) is 4.59. The number of halogens is 1. The van der Waals surface area contributed by atoms with Crippen LogP contribution in [0.5, 0.6) is 0 Å². The number of esters is 1. The molecule has 0 amide bonds. The van der Waals surface area contributed by atoms with Crippen LogP contribution in [0.4, 0.5) is 4.39 Å². The number of hydrogen-bond acceptors (Lipinski definition) is 4. The first-order valence-electron chi connectivity index (χ1n) is 10.5. The van der Waals surface area contributed by atoms with E-state index in [0.29, 0.717) is 23.7 Å². The maximum absolute atomic E-state index is 14.7. The summed E-state index contributed by atoms with van der Waals surface area (Å²) in [6.07, 6.45) is 10.2. The van der Waals surface area contributed by atoms with Gasteiger partial charge in [-0.3, -0.25) is 9.80 Å². The number of piperidine rings is 1. The zero-order chi connectivity index (χ0) is 18.6. The number of nitrogens with zero attached hydrogens (tertiary/aromatic N) is 2. The molecular weight excluding hydrogens is 343 g/mol. The van der Waals surface area contributed by atoms with E-state index in [1.807, 2.05) is 6.07 Å². The monoisotopic (exact) mass is 372 g/mol. The number of fused-ring (bicyclic) bond motifs is 1. The molecule has 2 saturated carbocycles. The van der Waals surface area contributed by atoms with Crippen molar-refractivity contribution in [1.82, 2.24) is 9.80 Å². The topological polar surface area (TPSA) is 32.8 Å². The predicted molar refractivity (Wildman–Crippen MR) is 101 cm³/mol. The first kappa shape index (κ1) is 17.6. The van der Waals surface area contributed by atoms with E-state index in [9.17, 15) is 9.18 Å². The molecule has 4 aliphatic rings. The van der Waals surface area contributed by atoms with Crippen molar-refractivity contribution < 1.29 is 13.9 Å². The standard InChI is InChI=1S/C22H29FN2O2/c1-27-21(26)16-10-15-6-9-24(14-19(15)20(23)11-16)18-12-22(13-18)7-2-3-8-25(22)17-4-5-17/h10-11,17-18H,2-9,12-14H2,1H3. The van der Waals surface area contributed by atoms with Crippen molar-refractivity contribution in [2.24, 2.45) is 0 Å². The molecule has 0 unspecified atom stereocenters. The molecule has 0 atom stereocenters. The SMILES string of the molecule is COC(=O)c1cc(F)c2c(c1)CCN(C1CC3(CCCCN3C3CC3)C1)C2. The smallest absolute Gasteiger partial charge is 0.337 e. The molecule has 1 saturated heterocycles. The molecule has 4 nitrogen and oxygen atoms in total. The number of carbonyl (C=O) groups excluding carboxylic acids is 1. The molecule has 1 aromatic carbocycles. The highest BCUT2D eigenvalue weighted by Gasteiger charge is 2.54. The second-order valence-electron chi connectivity index (χ2n) is 8.98. The van der Waals surface area contributed by atoms with Crippen LogP contribution in [0.3, 0.4) is 0 Å². The number of ether oxygens (including phenoxy) is 1. The van der Waals surface area contributed by atoms with Gasteiger partial charge in [0.05, 0.1) is 12.7 Å². The summed E-state index contributed by atoms with van der Waals surface area (Å²) in [5, 5.41) is 0. The van der Waals surface area contributed by atoms with Crippen LogP contribution in [-0.4, -0.2) is 53.6 Å². The van der Waals surface area contributed by atoms with Crippen molar-refractivity contribution in [3.63, 3.8) is 0 Å². The van der Waals surface area contributed by atoms with Gasteiger partial charge in [-0.1, -0.05) is 6.42 Å². The Morgan fingerprint density at radius 1 is 1.19 bits per heavy atom. The van der Waals surface area contributed by atoms with Crippen LogP contribution in [0.25, 0.3) is 0 Å². The Labute approximate surface area is 160 Å². The van der Waals surface area contributed by atoms with Gasteiger partial charge in [-0.15, -0.1) is 0 Å². The Balaban J connectivity index is 1.29. The third kappa shape index (κ3) is 2.99. The van der Waals surface area contributed by atoms with Crippen molar-refractivity contribution in [1.29, 1.82) is 0 Å². The highest BCUT2D eigenvalue weighted by atomic mass is 19.1. The number of hydrogen-bond donors (Lipinski definition) is 0. The molecule has 5 heteroatoms. The first-order valence-corrected chi connectivity index (χ1v) is 10.5. The molecule has 2 aliphatic heterocycles. The van der Waals surface area contributed by atoms with E-state index in [-0.39, 0.29) is 5.82 Å². The van der Waals surface area contributed by atoms with Gasteiger partial charge in [0.15, 0.2) is 0 Å². The fourth-order valence-electron chi connectivity index (χ4n) is 5.77. The summed E-state index contributed by atoms with van der Waals surface area (Å²) in [4.78, 5) is 17.0. The fraction of sp³-hybridized carbons (Fsp3) is 0.682. The summed E-state index contributed by atoms with van der Waals surface area (Å²) >= 11 is 0. The van der Waals surface area contributed by atoms with Crippen molar-refractivity contribution in [3.8, 4) is 0 Å². The van der Waals surface area contributed by atoms with Crippen molar-refractivity contribution in [2.75, 3.05) is 20.2 Å². The zero-order valence-corrected chi connectivity index (χ0v) is 16.2. The zero-order valence-electron chi connectivity index (χ0n) is 16.2. The van der Waals surface area contributed by atoms with Gasteiger partial charge < -0.3 is 4.74 Å². The molecule has 2 aliphatic carbocycles. The quantitative estimate of drug-likeness (QED) is 0.760. The van der Waals surface area contributed by atoms with Gasteiger partial charge in [-0.25, -0.2) is 9.18 Å². The summed E-state index contributed by atoms with van der Waals surface area (Å²) in [7, 11) is 1.34. The van der Waals surface area contributed by atoms with Crippen LogP contribution < -0.4 is 0 Å². The molecule has 2 heterocycles. The summed E-state index contributed by atoms with van der Waals surface area (Å²) < 4.78 is 19.4. The van der Waals surface area contributed by atoms with E-state index in [1.54, 1.807) is 0 Å². The third-order valence-electron chi connectivity index (χ3n) is 7.37. The van der Waals surface area contributed by atoms with Crippen molar-refractivity contribution in [3.05, 3.63) is 34.6 Å². The Hall–Kier alpha value is -1.46. The minimum absolute atomic E-state index is 0.260. The number of likely N-dealkylation sites (tertiary alicyclic amines) is 1. The van der Waals surface area contributed by atoms with Gasteiger partial charge >= 0.3 is 5.97 Å². The fourth-order valence-corrected chi connectivity index (χ4v) is 5.77. The largest absolute Gasteiger partial charge is 0.465 e. The van der Waals surface area contributed by atoms with Gasteiger partial charge in [0.1, 0.15) is 5.82 Å². The lowest BCUT2D eigenvalue weighted by Crippen LogP contribution is -2.65. The Kier molecular flexibility index (Phi) is 4.28. The van der Waals surface area contributed by atoms with Gasteiger partial charge in [-0.05, 0) is 69.2 Å². The molecule has 0 bridgehead atoms. The van der Waals surface area contributed by atoms with Gasteiger partial charge in [0.2, 0.25) is 0 Å². The van der Waals surface area contributed by atoms with E-state index in [0.717, 1.165) is 30.1 Å². The van der Waals surface area contributed by atoms with Gasteiger partial charge in [0.25, 0.3) is 0 Å². The Morgan fingerprint density at radius 2 is 2.00 bits per heavy atom. The van der Waals surface area contributed by atoms with Crippen LogP contribution in [0, 0.1) is 5.82 Å². The number of carbonyl (C=O) groups is 1. The third-order valence-corrected chi connectivity index (χ3v) is 7.37. The first-order chi connectivity index (χ1) is 13.1. The van der Waals surface area contributed by atoms with E-state index in [4.69, 9.17) is 4.74 Å². The number of methoxy groups -OCH3 is 1. The molecular formula is C22H29FN2O2. The van der Waals surface area contributed by atoms with Crippen LogP contribution in [0.15, 0.2) is 12.1 Å². The molecule has 27 heavy (non-hydrogen) atoms. The summed E-state index contributed by atoms with van der Waals surface area (Å²) in [6.45, 7) is 2.92. The van der Waals surface area contributed by atoms with E-state index in [1.165, 1.54) is 64.7 Å². The minimum atomic E-state index is -0.461. The highest BCUT2D eigenvalue weighted by Crippen LogP contribution is 2.51. The molecule has 0 aromatic heterocycles. The van der Waals surface area contributed by atoms with Gasteiger partial charge in [-0.2, -0.15) is 0 Å². The lowest BCUT2D eigenvalue weighted by Gasteiger charge is -2.60.